The summed E-state index contributed by atoms with van der Waals surface area (Å²) in [7, 11) is -4.14. The zero-order valence-corrected chi connectivity index (χ0v) is 13.5. The Labute approximate surface area is 137 Å². The number of allylic oxidation sites excluding steroid dienone is 5. The minimum absolute atomic E-state index is 0.0741. The van der Waals surface area contributed by atoms with Crippen molar-refractivity contribution in [2.45, 2.75) is 19.8 Å². The first-order chi connectivity index (χ1) is 11.4. The van der Waals surface area contributed by atoms with Crippen LogP contribution in [-0.2, 0) is 10.0 Å². The molecule has 1 aromatic carbocycles. The first-order valence-corrected chi connectivity index (χ1v) is 8.61. The van der Waals surface area contributed by atoms with E-state index >= 15 is 0 Å². The fourth-order valence-corrected chi connectivity index (χ4v) is 4.19. The van der Waals surface area contributed by atoms with E-state index in [2.05, 4.69) is 0 Å². The second-order valence-corrected chi connectivity index (χ2v) is 7.33. The lowest BCUT2D eigenvalue weighted by Gasteiger charge is -2.31. The summed E-state index contributed by atoms with van der Waals surface area (Å²) >= 11 is 0. The Bertz CT molecular complexity index is 888. The van der Waals surface area contributed by atoms with E-state index in [4.69, 9.17) is 4.74 Å². The van der Waals surface area contributed by atoms with Crippen molar-refractivity contribution in [3.05, 3.63) is 58.4 Å². The normalized spacial score (nSPS) is 17.5. The Hall–Kier alpha value is -2.22. The van der Waals surface area contributed by atoms with Crippen LogP contribution in [0.15, 0.2) is 46.7 Å². The van der Waals surface area contributed by atoms with Gasteiger partial charge in [0.2, 0.25) is 5.82 Å². The van der Waals surface area contributed by atoms with Gasteiger partial charge in [0.25, 0.3) is 10.0 Å². The van der Waals surface area contributed by atoms with E-state index in [9.17, 15) is 21.6 Å². The topological polar surface area (TPSA) is 46.6 Å². The SMILES string of the molecule is CC1=CC=C(S(=O)(=O)N2C(CF)=COc3c2ccc(F)c3F)CC1. The molecule has 24 heavy (non-hydrogen) atoms. The summed E-state index contributed by atoms with van der Waals surface area (Å²) in [6.45, 7) is 0.731. The number of halogens is 3. The van der Waals surface area contributed by atoms with Gasteiger partial charge in [0.15, 0.2) is 11.6 Å². The van der Waals surface area contributed by atoms with Crippen LogP contribution in [-0.4, -0.2) is 15.1 Å². The van der Waals surface area contributed by atoms with Gasteiger partial charge in [-0.3, -0.25) is 0 Å². The van der Waals surface area contributed by atoms with Gasteiger partial charge in [-0.2, -0.15) is 4.39 Å². The molecular formula is C16H14F3NO3S. The smallest absolute Gasteiger partial charge is 0.264 e. The van der Waals surface area contributed by atoms with E-state index in [1.54, 1.807) is 6.08 Å². The van der Waals surface area contributed by atoms with E-state index in [0.29, 0.717) is 10.7 Å². The highest BCUT2D eigenvalue weighted by molar-refractivity contribution is 7.96. The summed E-state index contributed by atoms with van der Waals surface area (Å²) in [4.78, 5) is 0.0741. The average molecular weight is 357 g/mol. The Balaban J connectivity index is 2.16. The predicted molar refractivity (Wildman–Crippen MR) is 83.5 cm³/mol. The van der Waals surface area contributed by atoms with Crippen molar-refractivity contribution < 1.29 is 26.3 Å². The largest absolute Gasteiger partial charge is 0.458 e. The molecule has 0 saturated heterocycles. The summed E-state index contributed by atoms with van der Waals surface area (Å²) in [5.74, 6) is -3.09. The molecule has 3 rings (SSSR count). The molecule has 0 saturated carbocycles. The number of alkyl halides is 1. The molecule has 0 N–H and O–H groups in total. The molecule has 128 valence electrons. The summed E-state index contributed by atoms with van der Waals surface area (Å²) in [5, 5.41) is 0. The lowest BCUT2D eigenvalue weighted by Crippen LogP contribution is -2.35. The number of ether oxygens (including phenoxy) is 1. The van der Waals surface area contributed by atoms with Crippen LogP contribution in [0.25, 0.3) is 0 Å². The van der Waals surface area contributed by atoms with Crippen molar-refractivity contribution in [1.82, 2.24) is 0 Å². The number of hydrogen-bond donors (Lipinski definition) is 0. The zero-order valence-electron chi connectivity index (χ0n) is 12.7. The fraction of sp³-hybridized carbons (Fsp3) is 0.250. The Morgan fingerprint density at radius 3 is 2.58 bits per heavy atom. The average Bonchev–Trinajstić information content (AvgIpc) is 2.57. The molecular weight excluding hydrogens is 343 g/mol. The minimum atomic E-state index is -4.14. The van der Waals surface area contributed by atoms with Gasteiger partial charge in [0.1, 0.15) is 24.3 Å². The van der Waals surface area contributed by atoms with Gasteiger partial charge in [-0.15, -0.1) is 0 Å². The molecule has 1 heterocycles. The lowest BCUT2D eigenvalue weighted by atomic mass is 10.1. The highest BCUT2D eigenvalue weighted by atomic mass is 32.2. The summed E-state index contributed by atoms with van der Waals surface area (Å²) in [5.41, 5.74) is 0.461. The van der Waals surface area contributed by atoms with Gasteiger partial charge in [0, 0.05) is 0 Å². The van der Waals surface area contributed by atoms with Crippen molar-refractivity contribution in [3.8, 4) is 5.75 Å². The van der Waals surface area contributed by atoms with Gasteiger partial charge in [0.05, 0.1) is 4.91 Å². The molecule has 0 fully saturated rings. The molecule has 0 radical (unpaired) electrons. The number of sulfonamides is 1. The van der Waals surface area contributed by atoms with Gasteiger partial charge in [-0.05, 0) is 38.0 Å². The Kier molecular flexibility index (Phi) is 4.16. The predicted octanol–water partition coefficient (Wildman–Crippen LogP) is 3.93. The van der Waals surface area contributed by atoms with E-state index < -0.39 is 34.1 Å². The number of rotatable bonds is 3. The minimum Gasteiger partial charge on any atom is -0.458 e. The van der Waals surface area contributed by atoms with E-state index in [1.165, 1.54) is 6.08 Å². The van der Waals surface area contributed by atoms with E-state index in [1.807, 2.05) is 6.92 Å². The van der Waals surface area contributed by atoms with Crippen molar-refractivity contribution in [3.63, 3.8) is 0 Å². The van der Waals surface area contributed by atoms with Gasteiger partial charge >= 0.3 is 0 Å². The number of nitrogens with zero attached hydrogens (tertiary/aromatic N) is 1. The van der Waals surface area contributed by atoms with Crippen LogP contribution in [0.5, 0.6) is 5.75 Å². The van der Waals surface area contributed by atoms with Crippen molar-refractivity contribution in [2.24, 2.45) is 0 Å². The maximum absolute atomic E-state index is 13.9. The molecule has 0 bridgehead atoms. The van der Waals surface area contributed by atoms with Crippen molar-refractivity contribution in [2.75, 3.05) is 11.0 Å². The summed E-state index contributed by atoms with van der Waals surface area (Å²) < 4.78 is 72.0. The molecule has 0 unspecified atom stereocenters. The first-order valence-electron chi connectivity index (χ1n) is 7.17. The second kappa shape index (κ2) is 6.01. The van der Waals surface area contributed by atoms with Crippen LogP contribution in [0.4, 0.5) is 18.9 Å². The molecule has 4 nitrogen and oxygen atoms in total. The van der Waals surface area contributed by atoms with E-state index in [-0.39, 0.29) is 22.7 Å². The maximum Gasteiger partial charge on any atom is 0.264 e. The quantitative estimate of drug-likeness (QED) is 0.824. The third kappa shape index (κ3) is 2.60. The van der Waals surface area contributed by atoms with Crippen LogP contribution in [0.2, 0.25) is 0 Å². The number of benzene rings is 1. The van der Waals surface area contributed by atoms with Gasteiger partial charge < -0.3 is 4.74 Å². The molecule has 0 aromatic heterocycles. The molecule has 0 amide bonds. The van der Waals surface area contributed by atoms with Crippen LogP contribution in [0.3, 0.4) is 0 Å². The van der Waals surface area contributed by atoms with Gasteiger partial charge in [-0.1, -0.05) is 11.6 Å². The van der Waals surface area contributed by atoms with E-state index in [0.717, 1.165) is 24.0 Å². The maximum atomic E-state index is 13.9. The molecule has 0 spiro atoms. The summed E-state index contributed by atoms with van der Waals surface area (Å²) in [6.07, 6.45) is 4.70. The molecule has 0 atom stereocenters. The molecule has 1 aromatic rings. The van der Waals surface area contributed by atoms with Crippen LogP contribution in [0, 0.1) is 11.6 Å². The third-order valence-corrected chi connectivity index (χ3v) is 5.76. The van der Waals surface area contributed by atoms with Crippen molar-refractivity contribution in [1.29, 1.82) is 0 Å². The summed E-state index contributed by atoms with van der Waals surface area (Å²) in [6, 6.07) is 1.83. The molecule has 1 aliphatic heterocycles. The number of fused-ring (bicyclic) bond motifs is 1. The van der Waals surface area contributed by atoms with Gasteiger partial charge in [-0.25, -0.2) is 21.5 Å². The second-order valence-electron chi connectivity index (χ2n) is 5.49. The fourth-order valence-electron chi connectivity index (χ4n) is 2.55. The third-order valence-electron chi connectivity index (χ3n) is 3.85. The number of hydrogen-bond acceptors (Lipinski definition) is 3. The number of anilines is 1. The molecule has 2 aliphatic rings. The van der Waals surface area contributed by atoms with Crippen molar-refractivity contribution >= 4 is 15.7 Å². The monoisotopic (exact) mass is 357 g/mol. The standard InChI is InChI=1S/C16H14F3NO3S/c1-10-2-4-12(5-3-10)24(21,22)20-11(8-17)9-23-16-14(20)7-6-13(18)15(16)19/h2,4,6-7,9H,3,5,8H2,1H3. The Morgan fingerprint density at radius 2 is 1.96 bits per heavy atom. The van der Waals surface area contributed by atoms with Crippen LogP contribution < -0.4 is 9.04 Å². The highest BCUT2D eigenvalue weighted by Gasteiger charge is 2.36. The first kappa shape index (κ1) is 16.6. The van der Waals surface area contributed by atoms with Crippen LogP contribution in [0.1, 0.15) is 19.8 Å². The van der Waals surface area contributed by atoms with Crippen LogP contribution >= 0.6 is 0 Å². The Morgan fingerprint density at radius 1 is 1.21 bits per heavy atom. The molecule has 8 heteroatoms. The lowest BCUT2D eigenvalue weighted by molar-refractivity contribution is 0.398. The highest BCUT2D eigenvalue weighted by Crippen LogP contribution is 2.42. The molecule has 1 aliphatic carbocycles. The zero-order chi connectivity index (χ0) is 17.5.